The number of nitrogens with zero attached hydrogens (tertiary/aromatic N) is 3. The molecule has 1 aromatic carbocycles. The average molecular weight is 395 g/mol. The van der Waals surface area contributed by atoms with Crippen LogP contribution < -0.4 is 10.6 Å². The Bertz CT molecular complexity index is 1050. The number of H-pyrrole nitrogens is 1. The van der Waals surface area contributed by atoms with Gasteiger partial charge in [0.25, 0.3) is 0 Å². The molecule has 0 aliphatic carbocycles. The van der Waals surface area contributed by atoms with Gasteiger partial charge in [-0.15, -0.1) is 0 Å². The number of carboxylic acid groups (broad SMARTS) is 1. The molecule has 9 heteroatoms. The number of aliphatic carboxylic acids is 1. The van der Waals surface area contributed by atoms with Crippen molar-refractivity contribution >= 4 is 28.7 Å². The van der Waals surface area contributed by atoms with E-state index >= 15 is 0 Å². The number of benzene rings is 1. The first-order valence-corrected chi connectivity index (χ1v) is 9.33. The summed E-state index contributed by atoms with van der Waals surface area (Å²) in [5.41, 5.74) is 7.73. The molecule has 1 atom stereocenters. The Kier molecular flexibility index (Phi) is 5.13. The van der Waals surface area contributed by atoms with E-state index in [0.29, 0.717) is 35.9 Å². The van der Waals surface area contributed by atoms with E-state index in [4.69, 9.17) is 20.6 Å². The second-order valence-electron chi connectivity index (χ2n) is 6.93. The molecular formula is C20H21N5O4. The molecule has 1 amide bonds. The molecule has 0 radical (unpaired) electrons. The fourth-order valence-corrected chi connectivity index (χ4v) is 3.63. The third-order valence-electron chi connectivity index (χ3n) is 4.89. The van der Waals surface area contributed by atoms with Crippen molar-refractivity contribution in [2.75, 3.05) is 18.1 Å². The standard InChI is InChI=1S/C20H21N5O4/c21-17(28)15-7-4-8-25(15)20-14-9-13(10-29-11-16(26)27)22-19(14)23-18(24-20)12-5-2-1-3-6-12/h1-3,5-6,9,15H,4,7-8,10-11H2,(H2,21,28)(H,26,27)(H,22,23,24)/t15-/m0/s1. The van der Waals surface area contributed by atoms with Crippen LogP contribution in [-0.4, -0.2) is 51.1 Å². The van der Waals surface area contributed by atoms with Gasteiger partial charge in [0.05, 0.1) is 12.0 Å². The number of carbonyl (C=O) groups excluding carboxylic acids is 1. The zero-order valence-corrected chi connectivity index (χ0v) is 15.7. The molecule has 1 aliphatic heterocycles. The molecule has 2 aromatic heterocycles. The number of aromatic amines is 1. The first kappa shape index (κ1) is 18.9. The van der Waals surface area contributed by atoms with Gasteiger partial charge in [-0.05, 0) is 18.9 Å². The minimum absolute atomic E-state index is 0.0992. The highest BCUT2D eigenvalue weighted by atomic mass is 16.5. The van der Waals surface area contributed by atoms with E-state index in [9.17, 15) is 9.59 Å². The second kappa shape index (κ2) is 7.88. The predicted molar refractivity (Wildman–Crippen MR) is 106 cm³/mol. The van der Waals surface area contributed by atoms with Gasteiger partial charge in [-0.2, -0.15) is 0 Å². The third kappa shape index (κ3) is 3.90. The molecule has 9 nitrogen and oxygen atoms in total. The van der Waals surface area contributed by atoms with E-state index in [1.165, 1.54) is 0 Å². The first-order chi connectivity index (χ1) is 14.0. The molecule has 4 rings (SSSR count). The number of carbonyl (C=O) groups is 2. The lowest BCUT2D eigenvalue weighted by molar-refractivity contribution is -0.142. The van der Waals surface area contributed by atoms with Crippen LogP contribution in [0.5, 0.6) is 0 Å². The number of nitrogens with two attached hydrogens (primary N) is 1. The average Bonchev–Trinajstić information content (AvgIpc) is 3.34. The summed E-state index contributed by atoms with van der Waals surface area (Å²) < 4.78 is 5.18. The van der Waals surface area contributed by atoms with Crippen LogP contribution in [0, 0.1) is 0 Å². The molecule has 3 heterocycles. The molecule has 0 unspecified atom stereocenters. The van der Waals surface area contributed by atoms with Crippen LogP contribution in [-0.2, 0) is 20.9 Å². The van der Waals surface area contributed by atoms with Gasteiger partial charge in [0, 0.05) is 17.8 Å². The van der Waals surface area contributed by atoms with Crippen molar-refractivity contribution in [1.29, 1.82) is 0 Å². The van der Waals surface area contributed by atoms with Crippen molar-refractivity contribution in [3.05, 3.63) is 42.1 Å². The Morgan fingerprint density at radius 3 is 2.79 bits per heavy atom. The monoisotopic (exact) mass is 395 g/mol. The molecule has 0 spiro atoms. The Morgan fingerprint density at radius 2 is 2.07 bits per heavy atom. The molecule has 0 bridgehead atoms. The molecule has 0 saturated carbocycles. The van der Waals surface area contributed by atoms with Crippen molar-refractivity contribution in [1.82, 2.24) is 15.0 Å². The van der Waals surface area contributed by atoms with Crippen LogP contribution in [0.25, 0.3) is 22.4 Å². The van der Waals surface area contributed by atoms with Gasteiger partial charge >= 0.3 is 5.97 Å². The number of ether oxygens (including phenoxy) is 1. The van der Waals surface area contributed by atoms with Crippen LogP contribution in [0.3, 0.4) is 0 Å². The molecule has 29 heavy (non-hydrogen) atoms. The van der Waals surface area contributed by atoms with E-state index < -0.39 is 12.0 Å². The number of nitrogens with one attached hydrogen (secondary N) is 1. The molecule has 1 aliphatic rings. The number of rotatable bonds is 7. The highest BCUT2D eigenvalue weighted by molar-refractivity contribution is 5.93. The maximum Gasteiger partial charge on any atom is 0.329 e. The van der Waals surface area contributed by atoms with Crippen molar-refractivity contribution in [3.8, 4) is 11.4 Å². The lowest BCUT2D eigenvalue weighted by Gasteiger charge is -2.24. The van der Waals surface area contributed by atoms with Crippen LogP contribution >= 0.6 is 0 Å². The normalized spacial score (nSPS) is 16.4. The van der Waals surface area contributed by atoms with Crippen molar-refractivity contribution in [2.45, 2.75) is 25.5 Å². The number of hydrogen-bond acceptors (Lipinski definition) is 6. The molecule has 4 N–H and O–H groups in total. The number of anilines is 1. The van der Waals surface area contributed by atoms with E-state index in [0.717, 1.165) is 17.4 Å². The number of carboxylic acids is 1. The van der Waals surface area contributed by atoms with E-state index in [2.05, 4.69) is 9.97 Å². The fourth-order valence-electron chi connectivity index (χ4n) is 3.63. The zero-order chi connectivity index (χ0) is 20.4. The number of amides is 1. The van der Waals surface area contributed by atoms with Crippen LogP contribution in [0.15, 0.2) is 36.4 Å². The van der Waals surface area contributed by atoms with Gasteiger partial charge in [0.1, 0.15) is 24.1 Å². The molecule has 3 aromatic rings. The molecular weight excluding hydrogens is 374 g/mol. The zero-order valence-electron chi connectivity index (χ0n) is 15.7. The summed E-state index contributed by atoms with van der Waals surface area (Å²) in [7, 11) is 0. The smallest absolute Gasteiger partial charge is 0.329 e. The third-order valence-corrected chi connectivity index (χ3v) is 4.89. The molecule has 1 saturated heterocycles. The van der Waals surface area contributed by atoms with Gasteiger partial charge in [-0.1, -0.05) is 30.3 Å². The summed E-state index contributed by atoms with van der Waals surface area (Å²) in [6.07, 6.45) is 1.53. The van der Waals surface area contributed by atoms with Crippen LogP contribution in [0.1, 0.15) is 18.5 Å². The number of aromatic nitrogens is 3. The Balaban J connectivity index is 1.79. The summed E-state index contributed by atoms with van der Waals surface area (Å²) >= 11 is 0. The minimum atomic E-state index is -1.03. The lowest BCUT2D eigenvalue weighted by atomic mass is 10.2. The van der Waals surface area contributed by atoms with E-state index in [1.807, 2.05) is 41.3 Å². The van der Waals surface area contributed by atoms with Gasteiger partial charge in [-0.25, -0.2) is 14.8 Å². The van der Waals surface area contributed by atoms with Gasteiger partial charge in [-0.3, -0.25) is 4.79 Å². The minimum Gasteiger partial charge on any atom is -0.480 e. The SMILES string of the molecule is NC(=O)[C@@H]1CCCN1c1nc(-c2ccccc2)nc2[nH]c(COCC(=O)O)cc12. The quantitative estimate of drug-likeness (QED) is 0.554. The van der Waals surface area contributed by atoms with E-state index in [1.54, 1.807) is 0 Å². The first-order valence-electron chi connectivity index (χ1n) is 9.33. The highest BCUT2D eigenvalue weighted by Crippen LogP contribution is 2.32. The number of primary amides is 1. The van der Waals surface area contributed by atoms with Gasteiger partial charge in [0.15, 0.2) is 5.82 Å². The fraction of sp³-hybridized carbons (Fsp3) is 0.300. The van der Waals surface area contributed by atoms with Crippen molar-refractivity contribution < 1.29 is 19.4 Å². The Labute approximate surface area is 166 Å². The summed E-state index contributed by atoms with van der Waals surface area (Å²) in [4.78, 5) is 37.1. The topological polar surface area (TPSA) is 134 Å². The number of fused-ring (bicyclic) bond motifs is 1. The Morgan fingerprint density at radius 1 is 1.28 bits per heavy atom. The van der Waals surface area contributed by atoms with Crippen LogP contribution in [0.2, 0.25) is 0 Å². The summed E-state index contributed by atoms with van der Waals surface area (Å²) in [6.45, 7) is 0.380. The summed E-state index contributed by atoms with van der Waals surface area (Å²) in [6, 6.07) is 11.0. The second-order valence-corrected chi connectivity index (χ2v) is 6.93. The van der Waals surface area contributed by atoms with Crippen molar-refractivity contribution in [3.63, 3.8) is 0 Å². The molecule has 150 valence electrons. The maximum atomic E-state index is 11.9. The van der Waals surface area contributed by atoms with Gasteiger partial charge < -0.3 is 25.5 Å². The van der Waals surface area contributed by atoms with Gasteiger partial charge in [0.2, 0.25) is 5.91 Å². The lowest BCUT2D eigenvalue weighted by Crippen LogP contribution is -2.40. The number of hydrogen-bond donors (Lipinski definition) is 3. The highest BCUT2D eigenvalue weighted by Gasteiger charge is 2.32. The maximum absolute atomic E-state index is 11.9. The van der Waals surface area contributed by atoms with Crippen molar-refractivity contribution in [2.24, 2.45) is 5.73 Å². The summed E-state index contributed by atoms with van der Waals surface area (Å²) in [5.74, 6) is -0.246. The molecule has 1 fully saturated rings. The van der Waals surface area contributed by atoms with E-state index in [-0.39, 0.29) is 19.1 Å². The predicted octanol–water partition coefficient (Wildman–Crippen LogP) is 1.68. The Hall–Kier alpha value is -3.46. The largest absolute Gasteiger partial charge is 0.480 e. The van der Waals surface area contributed by atoms with Crippen LogP contribution in [0.4, 0.5) is 5.82 Å². The summed E-state index contributed by atoms with van der Waals surface area (Å²) in [5, 5.41) is 9.50.